The minimum Gasteiger partial charge on any atom is -0.373 e. The summed E-state index contributed by atoms with van der Waals surface area (Å²) in [5, 5.41) is 0. The van der Waals surface area contributed by atoms with Crippen molar-refractivity contribution in [2.75, 3.05) is 26.2 Å². The molecule has 0 bridgehead atoms. The second kappa shape index (κ2) is 7.65. The Morgan fingerprint density at radius 2 is 1.87 bits per heavy atom. The minimum absolute atomic E-state index is 0.164. The molecule has 0 amide bonds. The van der Waals surface area contributed by atoms with E-state index in [0.717, 1.165) is 31.8 Å². The van der Waals surface area contributed by atoms with Crippen molar-refractivity contribution < 1.29 is 21.9 Å². The Balaban J connectivity index is 1.82. The highest BCUT2D eigenvalue weighted by Crippen LogP contribution is 2.14. The lowest BCUT2D eigenvalue weighted by Crippen LogP contribution is -2.46. The van der Waals surface area contributed by atoms with Crippen LogP contribution in [0.3, 0.4) is 0 Å². The van der Waals surface area contributed by atoms with Gasteiger partial charge in [0.1, 0.15) is 0 Å². The largest absolute Gasteiger partial charge is 0.373 e. The second-order valence-electron chi connectivity index (χ2n) is 5.84. The van der Waals surface area contributed by atoms with E-state index in [1.807, 2.05) is 13.8 Å². The number of benzene rings is 1. The normalized spacial score (nSPS) is 23.1. The van der Waals surface area contributed by atoms with E-state index in [9.17, 15) is 17.2 Å². The number of ether oxygens (including phenoxy) is 1. The maximum Gasteiger partial charge on any atom is 0.240 e. The van der Waals surface area contributed by atoms with Crippen LogP contribution < -0.4 is 4.72 Å². The van der Waals surface area contributed by atoms with Crippen LogP contribution in [-0.2, 0) is 14.8 Å². The van der Waals surface area contributed by atoms with Gasteiger partial charge < -0.3 is 4.74 Å². The topological polar surface area (TPSA) is 58.6 Å². The fraction of sp³-hybridized carbons (Fsp3) is 0.600. The molecule has 23 heavy (non-hydrogen) atoms. The Bertz CT molecular complexity index is 630. The quantitative estimate of drug-likeness (QED) is 0.796. The molecule has 1 aliphatic heterocycles. The van der Waals surface area contributed by atoms with Crippen LogP contribution in [0.25, 0.3) is 0 Å². The zero-order valence-electron chi connectivity index (χ0n) is 13.3. The molecular weight excluding hydrogens is 326 g/mol. The molecule has 1 aromatic rings. The maximum atomic E-state index is 13.1. The van der Waals surface area contributed by atoms with Crippen LogP contribution in [0.1, 0.15) is 20.3 Å². The van der Waals surface area contributed by atoms with Crippen molar-refractivity contribution in [3.63, 3.8) is 0 Å². The molecule has 0 aliphatic carbocycles. The first kappa shape index (κ1) is 18.3. The highest BCUT2D eigenvalue weighted by Gasteiger charge is 2.22. The van der Waals surface area contributed by atoms with Crippen molar-refractivity contribution in [1.82, 2.24) is 9.62 Å². The molecule has 0 saturated carbocycles. The van der Waals surface area contributed by atoms with E-state index in [1.165, 1.54) is 0 Å². The summed E-state index contributed by atoms with van der Waals surface area (Å²) < 4.78 is 58.1. The van der Waals surface area contributed by atoms with Crippen molar-refractivity contribution in [3.8, 4) is 0 Å². The monoisotopic (exact) mass is 348 g/mol. The number of halogens is 2. The maximum absolute atomic E-state index is 13.1. The molecule has 0 radical (unpaired) electrons. The highest BCUT2D eigenvalue weighted by atomic mass is 32.2. The van der Waals surface area contributed by atoms with Crippen LogP contribution in [0, 0.1) is 11.6 Å². The van der Waals surface area contributed by atoms with Crippen LogP contribution >= 0.6 is 0 Å². The van der Waals surface area contributed by atoms with Crippen molar-refractivity contribution in [3.05, 3.63) is 29.8 Å². The van der Waals surface area contributed by atoms with Gasteiger partial charge in [0.2, 0.25) is 10.0 Å². The molecule has 1 saturated heterocycles. The molecule has 8 heteroatoms. The fourth-order valence-corrected chi connectivity index (χ4v) is 3.79. The predicted molar refractivity (Wildman–Crippen MR) is 82.6 cm³/mol. The van der Waals surface area contributed by atoms with Crippen molar-refractivity contribution in [2.45, 2.75) is 37.4 Å². The zero-order chi connectivity index (χ0) is 17.0. The third kappa shape index (κ3) is 5.20. The smallest absolute Gasteiger partial charge is 0.240 e. The molecular formula is C15H22F2N2O3S. The molecule has 5 nitrogen and oxygen atoms in total. The van der Waals surface area contributed by atoms with E-state index in [-0.39, 0.29) is 23.6 Å². The van der Waals surface area contributed by atoms with Crippen molar-refractivity contribution >= 4 is 10.0 Å². The number of sulfonamides is 1. The summed E-state index contributed by atoms with van der Waals surface area (Å²) >= 11 is 0. The molecule has 2 unspecified atom stereocenters. The van der Waals surface area contributed by atoms with Gasteiger partial charge in [0, 0.05) is 19.6 Å². The van der Waals surface area contributed by atoms with Gasteiger partial charge in [-0.05, 0) is 45.0 Å². The summed E-state index contributed by atoms with van der Waals surface area (Å²) in [5.74, 6) is -2.25. The van der Waals surface area contributed by atoms with Crippen LogP contribution in [-0.4, -0.2) is 51.7 Å². The highest BCUT2D eigenvalue weighted by molar-refractivity contribution is 7.89. The summed E-state index contributed by atoms with van der Waals surface area (Å²) in [6.07, 6.45) is 0.956. The third-order valence-electron chi connectivity index (χ3n) is 3.64. The number of nitrogens with zero attached hydrogens (tertiary/aromatic N) is 1. The first-order chi connectivity index (χ1) is 10.8. The van der Waals surface area contributed by atoms with Crippen LogP contribution in [0.15, 0.2) is 23.1 Å². The van der Waals surface area contributed by atoms with Gasteiger partial charge >= 0.3 is 0 Å². The Kier molecular flexibility index (Phi) is 6.07. The third-order valence-corrected chi connectivity index (χ3v) is 5.10. The standard InChI is InChI=1S/C15H22F2N2O3S/c1-11-9-19(10-12(2)22-11)7-3-6-18-23(20,21)13-4-5-14(16)15(17)8-13/h4-5,8,11-12,18H,3,6-7,9-10H2,1-2H3. The SMILES string of the molecule is CC1CN(CCCNS(=O)(=O)c2ccc(F)c(F)c2)CC(C)O1. The lowest BCUT2D eigenvalue weighted by atomic mass is 10.2. The molecule has 1 aliphatic rings. The predicted octanol–water partition coefficient (Wildman–Crippen LogP) is 1.74. The molecule has 1 fully saturated rings. The van der Waals surface area contributed by atoms with Gasteiger partial charge in [0.25, 0.3) is 0 Å². The summed E-state index contributed by atoms with van der Waals surface area (Å²) in [5.41, 5.74) is 0. The lowest BCUT2D eigenvalue weighted by molar-refractivity contribution is -0.0679. The molecule has 1 aromatic carbocycles. The van der Waals surface area contributed by atoms with E-state index in [1.54, 1.807) is 0 Å². The molecule has 130 valence electrons. The van der Waals surface area contributed by atoms with Gasteiger partial charge in [-0.3, -0.25) is 4.90 Å². The first-order valence-corrected chi connectivity index (χ1v) is 9.09. The number of morpholine rings is 1. The number of hydrogen-bond acceptors (Lipinski definition) is 4. The van der Waals surface area contributed by atoms with Crippen LogP contribution in [0.5, 0.6) is 0 Å². The van der Waals surface area contributed by atoms with Gasteiger partial charge in [-0.15, -0.1) is 0 Å². The Morgan fingerprint density at radius 1 is 1.22 bits per heavy atom. The minimum atomic E-state index is -3.82. The van der Waals surface area contributed by atoms with Gasteiger partial charge in [-0.1, -0.05) is 0 Å². The Morgan fingerprint density at radius 3 is 2.48 bits per heavy atom. The van der Waals surface area contributed by atoms with Gasteiger partial charge in [0.05, 0.1) is 17.1 Å². The van der Waals surface area contributed by atoms with Crippen LogP contribution in [0.4, 0.5) is 8.78 Å². The van der Waals surface area contributed by atoms with Crippen molar-refractivity contribution in [2.24, 2.45) is 0 Å². The molecule has 1 heterocycles. The van der Waals surface area contributed by atoms with E-state index in [4.69, 9.17) is 4.74 Å². The fourth-order valence-electron chi connectivity index (χ4n) is 2.70. The number of rotatable bonds is 6. The summed E-state index contributed by atoms with van der Waals surface area (Å²) in [4.78, 5) is 1.95. The average Bonchev–Trinajstić information content (AvgIpc) is 2.45. The van der Waals surface area contributed by atoms with Gasteiger partial charge in [0.15, 0.2) is 11.6 Å². The molecule has 0 spiro atoms. The molecule has 2 rings (SSSR count). The molecule has 2 atom stereocenters. The first-order valence-electron chi connectivity index (χ1n) is 7.60. The van der Waals surface area contributed by atoms with E-state index in [0.29, 0.717) is 12.5 Å². The van der Waals surface area contributed by atoms with E-state index >= 15 is 0 Å². The molecule has 1 N–H and O–H groups in total. The number of hydrogen-bond donors (Lipinski definition) is 1. The lowest BCUT2D eigenvalue weighted by Gasteiger charge is -2.35. The van der Waals surface area contributed by atoms with Gasteiger partial charge in [-0.2, -0.15) is 0 Å². The average molecular weight is 348 g/mol. The molecule has 0 aromatic heterocycles. The van der Waals surface area contributed by atoms with E-state index in [2.05, 4.69) is 9.62 Å². The summed E-state index contributed by atoms with van der Waals surface area (Å²) in [6.45, 7) is 6.64. The summed E-state index contributed by atoms with van der Waals surface area (Å²) in [6, 6.07) is 2.54. The van der Waals surface area contributed by atoms with E-state index < -0.39 is 21.7 Å². The second-order valence-corrected chi connectivity index (χ2v) is 7.61. The number of nitrogens with one attached hydrogen (secondary N) is 1. The van der Waals surface area contributed by atoms with Crippen LogP contribution in [0.2, 0.25) is 0 Å². The Labute approximate surface area is 135 Å². The summed E-state index contributed by atoms with van der Waals surface area (Å²) in [7, 11) is -3.82. The van der Waals surface area contributed by atoms with Gasteiger partial charge in [-0.25, -0.2) is 21.9 Å². The zero-order valence-corrected chi connectivity index (χ0v) is 14.1. The Hall–Kier alpha value is -1.09. The van der Waals surface area contributed by atoms with Crippen molar-refractivity contribution in [1.29, 1.82) is 0 Å².